The molecular weight excluding hydrogens is 318 g/mol. The molecule has 110 valence electrons. The number of hydrogen-bond acceptors (Lipinski definition) is 0. The summed E-state index contributed by atoms with van der Waals surface area (Å²) in [6.07, 6.45) is 24.8. The van der Waals surface area contributed by atoms with E-state index in [1.165, 1.54) is 51.4 Å². The average Bonchev–Trinajstić information content (AvgIpc) is 2.49. The van der Waals surface area contributed by atoms with E-state index in [1.807, 2.05) is 0 Å². The molecule has 2 fully saturated rings. The minimum atomic E-state index is 0. The Labute approximate surface area is 150 Å². The number of terminal acetylenes is 1. The van der Waals surface area contributed by atoms with Gasteiger partial charge in [-0.3, -0.25) is 0 Å². The van der Waals surface area contributed by atoms with Crippen LogP contribution in [0.1, 0.15) is 51.4 Å². The summed E-state index contributed by atoms with van der Waals surface area (Å²) in [6.45, 7) is 7.86. The number of allylic oxidation sites excluding steroid dienone is 2. The minimum absolute atomic E-state index is 0. The monoisotopic (exact) mass is 345 g/mol. The van der Waals surface area contributed by atoms with Crippen molar-refractivity contribution < 1.29 is 37.1 Å². The number of hydrogen-bond donors (Lipinski definition) is 0. The van der Waals surface area contributed by atoms with Gasteiger partial charge in [-0.1, -0.05) is 12.2 Å². The van der Waals surface area contributed by atoms with Crippen molar-refractivity contribution in [2.24, 2.45) is 23.7 Å². The Morgan fingerprint density at radius 1 is 0.650 bits per heavy atom. The van der Waals surface area contributed by atoms with Crippen LogP contribution in [-0.2, 0) is 37.1 Å². The molecule has 0 atom stereocenters. The molecule has 0 amide bonds. The first-order valence-corrected chi connectivity index (χ1v) is 7.37. The van der Waals surface area contributed by atoms with Crippen LogP contribution in [0.25, 0.3) is 0 Å². The molecule has 0 aliphatic heterocycles. The summed E-state index contributed by atoms with van der Waals surface area (Å²) in [5.41, 5.74) is 0. The van der Waals surface area contributed by atoms with Crippen molar-refractivity contribution in [2.75, 3.05) is 0 Å². The fraction of sp³-hybridized carbons (Fsp3) is 0.667. The predicted molar refractivity (Wildman–Crippen MR) is 79.5 cm³/mol. The Hall–Kier alpha value is 0.209. The zero-order valence-corrected chi connectivity index (χ0v) is 15.3. The molecule has 2 heteroatoms. The molecule has 0 spiro atoms. The van der Waals surface area contributed by atoms with Gasteiger partial charge in [-0.25, -0.2) is 0 Å². The van der Waals surface area contributed by atoms with E-state index in [2.05, 4.69) is 31.7 Å². The third kappa shape index (κ3) is 6.78. The Bertz CT molecular complexity index is 240. The summed E-state index contributed by atoms with van der Waals surface area (Å²) in [5, 5.41) is 0. The van der Waals surface area contributed by atoms with Gasteiger partial charge in [0, 0.05) is 37.1 Å². The fourth-order valence-corrected chi connectivity index (χ4v) is 3.70. The molecule has 0 heterocycles. The van der Waals surface area contributed by atoms with Crippen molar-refractivity contribution in [3.05, 3.63) is 31.7 Å². The van der Waals surface area contributed by atoms with Gasteiger partial charge in [-0.2, -0.15) is 0 Å². The molecule has 0 aromatic carbocycles. The molecule has 2 aliphatic carbocycles. The van der Waals surface area contributed by atoms with Crippen molar-refractivity contribution in [2.45, 2.75) is 51.4 Å². The van der Waals surface area contributed by atoms with Crippen LogP contribution >= 0.6 is 0 Å². The van der Waals surface area contributed by atoms with Crippen LogP contribution < -0.4 is 0 Å². The third-order valence-corrected chi connectivity index (χ3v) is 4.97. The van der Waals surface area contributed by atoms with Crippen LogP contribution in [0.3, 0.4) is 0 Å². The van der Waals surface area contributed by atoms with Crippen LogP contribution in [0.15, 0.2) is 25.3 Å². The van der Waals surface area contributed by atoms with E-state index in [0.717, 1.165) is 23.7 Å². The second kappa shape index (κ2) is 12.9. The molecule has 0 nitrogen and oxygen atoms in total. The smallest absolute Gasteiger partial charge is 0 e. The van der Waals surface area contributed by atoms with E-state index >= 15 is 0 Å². The molecule has 2 radical (unpaired) electrons. The molecule has 0 aromatic heterocycles. The van der Waals surface area contributed by atoms with Gasteiger partial charge in [0.05, 0.1) is 0 Å². The first-order valence-electron chi connectivity index (χ1n) is 7.37. The van der Waals surface area contributed by atoms with Crippen LogP contribution in [0.2, 0.25) is 0 Å². The van der Waals surface area contributed by atoms with Crippen LogP contribution in [0, 0.1) is 36.5 Å². The summed E-state index contributed by atoms with van der Waals surface area (Å²) in [6, 6.07) is 0. The van der Waals surface area contributed by atoms with E-state index < -0.39 is 0 Å². The normalized spacial score (nSPS) is 32.3. The first kappa shape index (κ1) is 22.5. The summed E-state index contributed by atoms with van der Waals surface area (Å²) in [7, 11) is 0. The van der Waals surface area contributed by atoms with E-state index in [9.17, 15) is 0 Å². The summed E-state index contributed by atoms with van der Waals surface area (Å²) in [5.74, 6) is 3.70. The van der Waals surface area contributed by atoms with Gasteiger partial charge in [0.25, 0.3) is 0 Å². The van der Waals surface area contributed by atoms with Crippen molar-refractivity contribution in [3.63, 3.8) is 0 Å². The molecular formula is C18H27V2-. The molecule has 0 N–H and O–H groups in total. The van der Waals surface area contributed by atoms with Crippen molar-refractivity contribution in [3.8, 4) is 6.42 Å². The second-order valence-corrected chi connectivity index (χ2v) is 5.82. The van der Waals surface area contributed by atoms with Crippen molar-refractivity contribution >= 4 is 0 Å². The molecule has 0 saturated heterocycles. The minimum Gasteiger partial charge on any atom is -0.697 e. The summed E-state index contributed by atoms with van der Waals surface area (Å²) >= 11 is 0. The van der Waals surface area contributed by atoms with Gasteiger partial charge in [0.15, 0.2) is 0 Å². The molecule has 0 bridgehead atoms. The van der Waals surface area contributed by atoms with Gasteiger partial charge < -0.3 is 12.8 Å². The molecule has 2 aliphatic rings. The summed E-state index contributed by atoms with van der Waals surface area (Å²) in [4.78, 5) is 0. The average molecular weight is 345 g/mol. The Morgan fingerprint density at radius 3 is 1.10 bits per heavy atom. The van der Waals surface area contributed by atoms with Crippen LogP contribution in [0.4, 0.5) is 0 Å². The van der Waals surface area contributed by atoms with Gasteiger partial charge in [-0.15, -0.1) is 13.2 Å². The maximum Gasteiger partial charge on any atom is 0 e. The Morgan fingerprint density at radius 2 is 0.900 bits per heavy atom. The maximum atomic E-state index is 5.25. The van der Waals surface area contributed by atoms with E-state index in [-0.39, 0.29) is 37.1 Å². The largest absolute Gasteiger partial charge is 0.697 e. The third-order valence-electron chi connectivity index (χ3n) is 4.97. The maximum absolute atomic E-state index is 5.25. The zero-order chi connectivity index (χ0) is 13.4. The standard InChI is InChI=1S/C16H26.C2H.2V/c1-3-13-5-9-15(10-6-13)16-11-7-14(4-2)8-12-16;1-2;;/h3-4,13-16H,1-2,5-12H2;1H;;/q;-1;;. The zero-order valence-electron chi connectivity index (χ0n) is 12.5. The number of rotatable bonds is 3. The molecule has 0 unspecified atom stereocenters. The van der Waals surface area contributed by atoms with Gasteiger partial charge in [0.2, 0.25) is 0 Å². The predicted octanol–water partition coefficient (Wildman–Crippen LogP) is 5.17. The topological polar surface area (TPSA) is 0 Å². The van der Waals surface area contributed by atoms with Gasteiger partial charge in [-0.05, 0) is 75.0 Å². The second-order valence-electron chi connectivity index (χ2n) is 5.82. The van der Waals surface area contributed by atoms with Gasteiger partial charge in [0.1, 0.15) is 0 Å². The van der Waals surface area contributed by atoms with Crippen molar-refractivity contribution in [1.82, 2.24) is 0 Å². The van der Waals surface area contributed by atoms with Crippen molar-refractivity contribution in [1.29, 1.82) is 0 Å². The van der Waals surface area contributed by atoms with E-state index in [1.54, 1.807) is 0 Å². The fourth-order valence-electron chi connectivity index (χ4n) is 3.70. The Kier molecular flexibility index (Phi) is 14.5. The molecule has 0 aromatic rings. The first-order chi connectivity index (χ1) is 8.83. The van der Waals surface area contributed by atoms with Crippen LogP contribution in [0.5, 0.6) is 0 Å². The van der Waals surface area contributed by atoms with Gasteiger partial charge >= 0.3 is 0 Å². The van der Waals surface area contributed by atoms with E-state index in [0.29, 0.717) is 0 Å². The van der Waals surface area contributed by atoms with Crippen LogP contribution in [-0.4, -0.2) is 0 Å². The molecule has 20 heavy (non-hydrogen) atoms. The SMILES string of the molecule is C=CC1CCC(C2CCC(C=C)CC2)CC1.[C-]#C.[V].[V]. The summed E-state index contributed by atoms with van der Waals surface area (Å²) < 4.78 is 0. The van der Waals surface area contributed by atoms with E-state index in [4.69, 9.17) is 6.42 Å². The molecule has 2 rings (SSSR count). The quantitative estimate of drug-likeness (QED) is 0.376. The Balaban J connectivity index is 0. The molecule has 2 saturated carbocycles.